The number of aromatic nitrogens is 4. The van der Waals surface area contributed by atoms with Gasteiger partial charge in [0.05, 0.1) is 17.4 Å². The highest BCUT2D eigenvalue weighted by atomic mass is 19.4. The van der Waals surface area contributed by atoms with E-state index in [9.17, 15) is 26.7 Å². The molecule has 1 saturated heterocycles. The highest BCUT2D eigenvalue weighted by molar-refractivity contribution is 5.93. The molecule has 3 aromatic rings. The third-order valence-corrected chi connectivity index (χ3v) is 6.64. The molecule has 1 fully saturated rings. The molecule has 2 aliphatic heterocycles. The maximum absolute atomic E-state index is 13.9. The van der Waals surface area contributed by atoms with Gasteiger partial charge in [0.25, 0.3) is 5.91 Å². The number of fused-ring (bicyclic) bond motifs is 4. The molecule has 0 N–H and O–H groups in total. The van der Waals surface area contributed by atoms with Crippen LogP contribution in [0.1, 0.15) is 59.7 Å². The van der Waals surface area contributed by atoms with Crippen molar-refractivity contribution in [2.45, 2.75) is 57.4 Å². The first-order chi connectivity index (χ1) is 16.1. The van der Waals surface area contributed by atoms with Crippen LogP contribution in [0, 0.1) is 11.6 Å². The maximum Gasteiger partial charge on any atom is 0.433 e. The van der Waals surface area contributed by atoms with Gasteiger partial charge in [0.15, 0.2) is 5.69 Å². The van der Waals surface area contributed by atoms with Crippen LogP contribution in [0.25, 0.3) is 11.3 Å². The van der Waals surface area contributed by atoms with Crippen molar-refractivity contribution in [3.8, 4) is 11.3 Å². The first-order valence-electron chi connectivity index (χ1n) is 11.1. The second-order valence-corrected chi connectivity index (χ2v) is 8.74. The molecule has 6 nitrogen and oxygen atoms in total. The van der Waals surface area contributed by atoms with Crippen molar-refractivity contribution in [1.82, 2.24) is 24.5 Å². The number of carbonyl (C=O) groups is 1. The Morgan fingerprint density at radius 3 is 2.41 bits per heavy atom. The molecule has 11 heteroatoms. The van der Waals surface area contributed by atoms with E-state index in [1.165, 1.54) is 19.1 Å². The Balaban J connectivity index is 1.56. The van der Waals surface area contributed by atoms with Crippen molar-refractivity contribution < 1.29 is 26.7 Å². The molecular weight excluding hydrogens is 457 g/mol. The highest BCUT2D eigenvalue weighted by Gasteiger charge is 2.45. The Labute approximate surface area is 192 Å². The zero-order valence-electron chi connectivity index (χ0n) is 18.5. The van der Waals surface area contributed by atoms with Gasteiger partial charge in [0, 0.05) is 42.9 Å². The largest absolute Gasteiger partial charge is 0.433 e. The van der Waals surface area contributed by atoms with Crippen LogP contribution < -0.4 is 0 Å². The minimum absolute atomic E-state index is 0.0209. The van der Waals surface area contributed by atoms with Gasteiger partial charge in [-0.15, -0.1) is 0 Å². The molecule has 1 aromatic carbocycles. The van der Waals surface area contributed by atoms with Gasteiger partial charge >= 0.3 is 6.18 Å². The second-order valence-electron chi connectivity index (χ2n) is 8.74. The van der Waals surface area contributed by atoms with E-state index in [2.05, 4.69) is 10.2 Å². The molecule has 0 aliphatic carbocycles. The quantitative estimate of drug-likeness (QED) is 0.503. The number of hydrogen-bond donors (Lipinski definition) is 0. The average molecular weight is 479 g/mol. The summed E-state index contributed by atoms with van der Waals surface area (Å²) in [4.78, 5) is 15.0. The number of benzene rings is 1. The average Bonchev–Trinajstić information content (AvgIpc) is 3.33. The summed E-state index contributed by atoms with van der Waals surface area (Å²) in [6.07, 6.45) is -2.16. The molecule has 1 amide bonds. The van der Waals surface area contributed by atoms with Crippen LogP contribution >= 0.6 is 0 Å². The monoisotopic (exact) mass is 479 g/mol. The summed E-state index contributed by atoms with van der Waals surface area (Å²) in [5.41, 5.74) is 1.13. The maximum atomic E-state index is 13.9. The van der Waals surface area contributed by atoms with Crippen molar-refractivity contribution in [3.05, 3.63) is 58.5 Å². The van der Waals surface area contributed by atoms with Gasteiger partial charge < -0.3 is 4.90 Å². The SMILES string of the molecule is CCn1nc(C(=O)N2C3CCCC2c2nn(C)c(-c4cc(F)cc(F)c4)c2C3)cc1C(F)(F)F. The van der Waals surface area contributed by atoms with Crippen molar-refractivity contribution >= 4 is 5.91 Å². The third-order valence-electron chi connectivity index (χ3n) is 6.64. The molecule has 5 rings (SSSR count). The summed E-state index contributed by atoms with van der Waals surface area (Å²) in [5, 5.41) is 8.52. The van der Waals surface area contributed by atoms with Gasteiger partial charge in [-0.2, -0.15) is 23.4 Å². The number of alkyl halides is 3. The smallest absolute Gasteiger partial charge is 0.325 e. The van der Waals surface area contributed by atoms with E-state index in [1.807, 2.05) is 0 Å². The normalized spacial score (nSPS) is 19.9. The van der Waals surface area contributed by atoms with Gasteiger partial charge in [-0.1, -0.05) is 0 Å². The Hall–Kier alpha value is -3.24. The van der Waals surface area contributed by atoms with E-state index in [-0.39, 0.29) is 18.3 Å². The summed E-state index contributed by atoms with van der Waals surface area (Å²) in [5.74, 6) is -1.98. The lowest BCUT2D eigenvalue weighted by Gasteiger charge is -2.45. The standard InChI is InChI=1S/C23H22F5N5O/c1-3-32-19(23(26,27)28)11-17(29-32)22(34)33-15-5-4-6-18(33)20-16(10-15)21(31(2)30-20)12-7-13(24)9-14(25)8-12/h7-9,11,15,18H,3-6,10H2,1-2H3. The lowest BCUT2D eigenvalue weighted by Crippen LogP contribution is -2.50. The minimum atomic E-state index is -4.62. The lowest BCUT2D eigenvalue weighted by atomic mass is 9.81. The first-order valence-corrected chi connectivity index (χ1v) is 11.1. The van der Waals surface area contributed by atoms with Crippen molar-refractivity contribution in [2.24, 2.45) is 7.05 Å². The van der Waals surface area contributed by atoms with Gasteiger partial charge in [0.2, 0.25) is 0 Å². The molecule has 0 saturated carbocycles. The number of amides is 1. The predicted molar refractivity (Wildman–Crippen MR) is 112 cm³/mol. The third kappa shape index (κ3) is 3.57. The summed E-state index contributed by atoms with van der Waals surface area (Å²) < 4.78 is 70.3. The van der Waals surface area contributed by atoms with Crippen molar-refractivity contribution in [1.29, 1.82) is 0 Å². The number of rotatable bonds is 3. The van der Waals surface area contributed by atoms with Crippen LogP contribution in [0.5, 0.6) is 0 Å². The first kappa shape index (κ1) is 22.5. The van der Waals surface area contributed by atoms with E-state index >= 15 is 0 Å². The minimum Gasteiger partial charge on any atom is -0.325 e. The Kier molecular flexibility index (Phi) is 5.25. The number of piperidine rings is 1. The Morgan fingerprint density at radius 2 is 1.79 bits per heavy atom. The van der Waals surface area contributed by atoms with Gasteiger partial charge in [-0.3, -0.25) is 14.2 Å². The molecule has 2 aromatic heterocycles. The van der Waals surface area contributed by atoms with E-state index < -0.39 is 35.5 Å². The molecule has 34 heavy (non-hydrogen) atoms. The fourth-order valence-corrected chi connectivity index (χ4v) is 5.32. The number of halogens is 5. The molecule has 4 heterocycles. The number of hydrogen-bond acceptors (Lipinski definition) is 3. The van der Waals surface area contributed by atoms with Crippen LogP contribution in [-0.4, -0.2) is 36.4 Å². The van der Waals surface area contributed by atoms with Crippen LogP contribution in [0.4, 0.5) is 22.0 Å². The molecular formula is C23H22F5N5O. The molecule has 2 bridgehead atoms. The van der Waals surface area contributed by atoms with E-state index in [1.54, 1.807) is 16.6 Å². The fraction of sp³-hybridized carbons (Fsp3) is 0.435. The summed E-state index contributed by atoms with van der Waals surface area (Å²) in [6, 6.07) is 3.35. The van der Waals surface area contributed by atoms with Crippen LogP contribution in [0.2, 0.25) is 0 Å². The van der Waals surface area contributed by atoms with E-state index in [4.69, 9.17) is 0 Å². The summed E-state index contributed by atoms with van der Waals surface area (Å²) in [7, 11) is 1.67. The van der Waals surface area contributed by atoms with E-state index in [0.717, 1.165) is 28.8 Å². The topological polar surface area (TPSA) is 56.0 Å². The molecule has 180 valence electrons. The molecule has 0 spiro atoms. The molecule has 0 radical (unpaired) electrons. The second kappa shape index (κ2) is 7.92. The highest BCUT2D eigenvalue weighted by Crippen LogP contribution is 2.45. The summed E-state index contributed by atoms with van der Waals surface area (Å²) >= 11 is 0. The Morgan fingerprint density at radius 1 is 1.09 bits per heavy atom. The van der Waals surface area contributed by atoms with Gasteiger partial charge in [0.1, 0.15) is 17.3 Å². The number of nitrogens with zero attached hydrogens (tertiary/aromatic N) is 5. The number of aryl methyl sites for hydroxylation is 2. The zero-order chi connectivity index (χ0) is 24.4. The summed E-state index contributed by atoms with van der Waals surface area (Å²) in [6.45, 7) is 1.51. The predicted octanol–water partition coefficient (Wildman–Crippen LogP) is 4.89. The van der Waals surface area contributed by atoms with Crippen molar-refractivity contribution in [3.63, 3.8) is 0 Å². The van der Waals surface area contributed by atoms with Crippen molar-refractivity contribution in [2.75, 3.05) is 0 Å². The fourth-order valence-electron chi connectivity index (χ4n) is 5.32. The van der Waals surface area contributed by atoms with Gasteiger partial charge in [-0.25, -0.2) is 8.78 Å². The van der Waals surface area contributed by atoms with Crippen LogP contribution in [0.3, 0.4) is 0 Å². The zero-order valence-corrected chi connectivity index (χ0v) is 18.5. The molecule has 2 atom stereocenters. The lowest BCUT2D eigenvalue weighted by molar-refractivity contribution is -0.144. The molecule has 2 unspecified atom stereocenters. The van der Waals surface area contributed by atoms with Crippen LogP contribution in [0.15, 0.2) is 24.3 Å². The van der Waals surface area contributed by atoms with E-state index in [0.29, 0.717) is 36.2 Å². The van der Waals surface area contributed by atoms with Crippen LogP contribution in [-0.2, 0) is 26.2 Å². The Bertz CT molecular complexity index is 1260. The molecule has 2 aliphatic rings. The number of carbonyl (C=O) groups excluding carboxylic acids is 1. The van der Waals surface area contributed by atoms with Gasteiger partial charge in [-0.05, 0) is 44.7 Å².